The van der Waals surface area contributed by atoms with Gasteiger partial charge in [0, 0.05) is 43.3 Å². The summed E-state index contributed by atoms with van der Waals surface area (Å²) in [6.45, 7) is 8.07. The summed E-state index contributed by atoms with van der Waals surface area (Å²) < 4.78 is 5.03. The van der Waals surface area contributed by atoms with Crippen LogP contribution in [0.4, 0.5) is 21.9 Å². The number of rotatable bonds is 10. The topological polar surface area (TPSA) is 144 Å². The molecule has 0 bridgehead atoms. The minimum absolute atomic E-state index is 0.0633. The van der Waals surface area contributed by atoms with Crippen molar-refractivity contribution in [3.8, 4) is 5.75 Å². The third-order valence-corrected chi connectivity index (χ3v) is 7.35. The lowest BCUT2D eigenvalue weighted by Crippen LogP contribution is -2.39. The van der Waals surface area contributed by atoms with Gasteiger partial charge in [0.2, 0.25) is 0 Å². The summed E-state index contributed by atoms with van der Waals surface area (Å²) in [6.07, 6.45) is 7.03. The first-order valence-electron chi connectivity index (χ1n) is 13.7. The molecule has 0 unspecified atom stereocenters. The molecule has 4 N–H and O–H groups in total. The van der Waals surface area contributed by atoms with Gasteiger partial charge in [-0.1, -0.05) is 39.7 Å². The molecule has 40 heavy (non-hydrogen) atoms. The number of benzene rings is 1. The second-order valence-corrected chi connectivity index (χ2v) is 11.3. The lowest BCUT2D eigenvalue weighted by molar-refractivity contribution is 0.0682. The first kappa shape index (κ1) is 28.8. The molecule has 1 aliphatic rings. The zero-order valence-electron chi connectivity index (χ0n) is 23.3. The summed E-state index contributed by atoms with van der Waals surface area (Å²) in [5.74, 6) is 0.716. The highest BCUT2D eigenvalue weighted by Gasteiger charge is 2.29. The number of likely N-dealkylation sites (tertiary alicyclic amines) is 1. The van der Waals surface area contributed by atoms with Crippen LogP contribution in [0.5, 0.6) is 5.75 Å². The van der Waals surface area contributed by atoms with Gasteiger partial charge in [-0.15, -0.1) is 0 Å². The van der Waals surface area contributed by atoms with Gasteiger partial charge in [-0.05, 0) is 60.4 Å². The van der Waals surface area contributed by atoms with Crippen LogP contribution in [-0.4, -0.2) is 41.5 Å². The van der Waals surface area contributed by atoms with Crippen molar-refractivity contribution in [1.29, 1.82) is 0 Å². The minimum Gasteiger partial charge on any atom is -0.410 e. The number of piperidine rings is 1. The van der Waals surface area contributed by atoms with Gasteiger partial charge in [0.15, 0.2) is 0 Å². The van der Waals surface area contributed by atoms with Gasteiger partial charge < -0.3 is 26.0 Å². The summed E-state index contributed by atoms with van der Waals surface area (Å²) >= 11 is 0. The SMILES string of the molecule is CC(C)(C)c1ccc(OC(N)=O)cc1C(=O)N1CCC(CCCCNc2c(Nc3ccncc3)c(=O)c2=O)CC1. The van der Waals surface area contributed by atoms with Crippen LogP contribution < -0.4 is 32.0 Å². The average molecular weight is 548 g/mol. The summed E-state index contributed by atoms with van der Waals surface area (Å²) in [4.78, 5) is 54.5. The van der Waals surface area contributed by atoms with Crippen LogP contribution in [0.1, 0.15) is 68.8 Å². The van der Waals surface area contributed by atoms with Crippen molar-refractivity contribution < 1.29 is 14.3 Å². The number of carbonyl (C=O) groups is 2. The number of nitrogens with zero attached hydrogens (tertiary/aromatic N) is 2. The number of hydrogen-bond acceptors (Lipinski definition) is 8. The predicted octanol–water partition coefficient (Wildman–Crippen LogP) is 4.31. The highest BCUT2D eigenvalue weighted by Crippen LogP contribution is 2.31. The first-order valence-corrected chi connectivity index (χ1v) is 13.7. The monoisotopic (exact) mass is 547 g/mol. The van der Waals surface area contributed by atoms with Crippen molar-refractivity contribution in [2.75, 3.05) is 30.3 Å². The highest BCUT2D eigenvalue weighted by atomic mass is 16.5. The Morgan fingerprint density at radius 3 is 2.35 bits per heavy atom. The van der Waals surface area contributed by atoms with E-state index >= 15 is 0 Å². The third-order valence-electron chi connectivity index (χ3n) is 7.35. The maximum atomic E-state index is 13.5. The van der Waals surface area contributed by atoms with E-state index in [9.17, 15) is 19.2 Å². The molecular formula is C30H37N5O5. The van der Waals surface area contributed by atoms with E-state index in [0.717, 1.165) is 37.7 Å². The zero-order chi connectivity index (χ0) is 28.9. The number of unbranched alkanes of at least 4 members (excludes halogenated alkanes) is 1. The molecule has 2 heterocycles. The van der Waals surface area contributed by atoms with Gasteiger partial charge in [-0.3, -0.25) is 19.4 Å². The number of nitrogens with one attached hydrogen (secondary N) is 2. The molecule has 2 amide bonds. The van der Waals surface area contributed by atoms with Gasteiger partial charge in [0.05, 0.1) is 0 Å². The number of amides is 2. The van der Waals surface area contributed by atoms with Gasteiger partial charge in [-0.2, -0.15) is 0 Å². The van der Waals surface area contributed by atoms with E-state index in [1.165, 1.54) is 0 Å². The van der Waals surface area contributed by atoms with Gasteiger partial charge in [0.1, 0.15) is 17.1 Å². The van der Waals surface area contributed by atoms with Crippen LogP contribution in [0.25, 0.3) is 0 Å². The van der Waals surface area contributed by atoms with E-state index in [4.69, 9.17) is 10.5 Å². The van der Waals surface area contributed by atoms with Crippen LogP contribution in [0, 0.1) is 5.92 Å². The van der Waals surface area contributed by atoms with E-state index in [0.29, 0.717) is 48.2 Å². The number of hydrogen-bond donors (Lipinski definition) is 3. The molecule has 1 aromatic heterocycles. The molecule has 0 spiro atoms. The Hall–Kier alpha value is -4.21. The quantitative estimate of drug-likeness (QED) is 0.252. The number of pyridine rings is 1. The Morgan fingerprint density at radius 2 is 1.70 bits per heavy atom. The number of carbonyl (C=O) groups excluding carboxylic acids is 2. The minimum atomic E-state index is -0.913. The number of anilines is 3. The van der Waals surface area contributed by atoms with Crippen molar-refractivity contribution in [1.82, 2.24) is 9.88 Å². The lowest BCUT2D eigenvalue weighted by atomic mass is 9.83. The van der Waals surface area contributed by atoms with E-state index in [1.54, 1.807) is 36.7 Å². The van der Waals surface area contributed by atoms with Crippen LogP contribution in [0.2, 0.25) is 0 Å². The molecule has 0 saturated carbocycles. The smallest absolute Gasteiger partial charge is 0.409 e. The van der Waals surface area contributed by atoms with Crippen LogP contribution in [0.3, 0.4) is 0 Å². The number of nitrogens with two attached hydrogens (primary N) is 1. The fourth-order valence-electron chi connectivity index (χ4n) is 5.16. The van der Waals surface area contributed by atoms with Crippen LogP contribution in [0.15, 0.2) is 52.3 Å². The predicted molar refractivity (Wildman–Crippen MR) is 155 cm³/mol. The molecule has 10 nitrogen and oxygen atoms in total. The molecule has 1 aliphatic heterocycles. The Balaban J connectivity index is 1.24. The maximum Gasteiger partial charge on any atom is 0.409 e. The Morgan fingerprint density at radius 1 is 1.02 bits per heavy atom. The van der Waals surface area contributed by atoms with Gasteiger partial charge in [-0.25, -0.2) is 4.79 Å². The summed E-state index contributed by atoms with van der Waals surface area (Å²) in [7, 11) is 0. The summed E-state index contributed by atoms with van der Waals surface area (Å²) in [5, 5.41) is 6.12. The lowest BCUT2D eigenvalue weighted by Gasteiger charge is -2.33. The second kappa shape index (κ2) is 12.3. The Labute approximate surface area is 233 Å². The van der Waals surface area contributed by atoms with Crippen LogP contribution >= 0.6 is 0 Å². The maximum absolute atomic E-state index is 13.5. The Kier molecular flexibility index (Phi) is 8.86. The van der Waals surface area contributed by atoms with Crippen molar-refractivity contribution in [2.45, 2.75) is 58.3 Å². The van der Waals surface area contributed by atoms with Crippen molar-refractivity contribution in [3.05, 3.63) is 74.3 Å². The third kappa shape index (κ3) is 6.86. The highest BCUT2D eigenvalue weighted by molar-refractivity contribution is 5.96. The van der Waals surface area contributed by atoms with E-state index in [-0.39, 0.29) is 17.1 Å². The molecule has 3 aromatic rings. The summed E-state index contributed by atoms with van der Waals surface area (Å²) in [6, 6.07) is 8.57. The molecule has 1 fully saturated rings. The fourth-order valence-corrected chi connectivity index (χ4v) is 5.16. The first-order chi connectivity index (χ1) is 19.0. The van der Waals surface area contributed by atoms with E-state index < -0.39 is 17.0 Å². The van der Waals surface area contributed by atoms with Gasteiger partial charge in [0.25, 0.3) is 16.8 Å². The zero-order valence-corrected chi connectivity index (χ0v) is 23.3. The molecule has 0 radical (unpaired) electrons. The summed E-state index contributed by atoms with van der Waals surface area (Å²) in [5.41, 5.74) is 6.68. The Bertz CT molecular complexity index is 1410. The molecule has 1 saturated heterocycles. The molecular weight excluding hydrogens is 510 g/mol. The van der Waals surface area contributed by atoms with Crippen molar-refractivity contribution >= 4 is 29.1 Å². The average Bonchev–Trinajstić information content (AvgIpc) is 2.93. The molecule has 2 aromatic carbocycles. The number of aromatic nitrogens is 1. The largest absolute Gasteiger partial charge is 0.410 e. The fraction of sp³-hybridized carbons (Fsp3) is 0.433. The van der Waals surface area contributed by atoms with E-state index in [1.807, 2.05) is 31.7 Å². The standard InChI is InChI=1S/C30H37N5O5/c1-30(2,3)23-8-7-21(40-29(31)39)18-22(23)28(38)35-16-11-19(12-17-35)6-4-5-13-33-24-25(27(37)26(24)36)34-20-9-14-32-15-10-20/h7-10,14-15,18-19,33H,4-6,11-13,16-17H2,1-3H3,(H2,31,39)(H,32,34). The van der Waals surface area contributed by atoms with Crippen molar-refractivity contribution in [2.24, 2.45) is 11.7 Å². The molecule has 10 heteroatoms. The normalized spacial score (nSPS) is 14.2. The number of primary amides is 1. The van der Waals surface area contributed by atoms with Crippen molar-refractivity contribution in [3.63, 3.8) is 0 Å². The van der Waals surface area contributed by atoms with Crippen LogP contribution in [-0.2, 0) is 5.41 Å². The van der Waals surface area contributed by atoms with Gasteiger partial charge >= 0.3 is 6.09 Å². The molecule has 4 rings (SSSR count). The molecule has 0 aliphatic carbocycles. The van der Waals surface area contributed by atoms with E-state index in [2.05, 4.69) is 15.6 Å². The molecule has 212 valence electrons. The second-order valence-electron chi connectivity index (χ2n) is 11.3. The number of ether oxygens (including phenoxy) is 1. The molecule has 0 atom stereocenters.